The molecule has 8 heteroatoms. The molecule has 0 fully saturated rings. The maximum Gasteiger partial charge on any atom is 0.326 e. The number of aliphatic hydroxyl groups excluding tert-OH is 1. The van der Waals surface area contributed by atoms with E-state index in [1.165, 1.54) is 6.20 Å². The van der Waals surface area contributed by atoms with E-state index in [4.69, 9.17) is 10.2 Å². The summed E-state index contributed by atoms with van der Waals surface area (Å²) in [4.78, 5) is 22.1. The van der Waals surface area contributed by atoms with Crippen LogP contribution in [0.4, 0.5) is 4.79 Å². The first-order valence-corrected chi connectivity index (χ1v) is 5.28. The smallest absolute Gasteiger partial charge is 0.326 e. The highest BCUT2D eigenvalue weighted by Gasteiger charge is 2.18. The quantitative estimate of drug-likeness (QED) is 0.522. The van der Waals surface area contributed by atoms with Crippen LogP contribution in [0.3, 0.4) is 0 Å². The standard InChI is InChI=1S/C10H14N4O4/c15-5-3-8(9(16)17)13-10(18)11-6-7-2-1-4-12-14-7/h1-2,4,8,15H,3,5-6H2,(H,16,17)(H2,11,13,18)/t8-/m1/s1. The molecule has 0 aromatic carbocycles. The second-order valence-corrected chi connectivity index (χ2v) is 3.45. The summed E-state index contributed by atoms with van der Waals surface area (Å²) >= 11 is 0. The van der Waals surface area contributed by atoms with E-state index < -0.39 is 18.0 Å². The number of rotatable bonds is 6. The maximum atomic E-state index is 11.4. The molecule has 0 saturated heterocycles. The Hall–Kier alpha value is -2.22. The molecule has 0 spiro atoms. The van der Waals surface area contributed by atoms with Gasteiger partial charge >= 0.3 is 12.0 Å². The number of hydrogen-bond acceptors (Lipinski definition) is 5. The molecule has 1 heterocycles. The minimum atomic E-state index is -1.20. The van der Waals surface area contributed by atoms with Gasteiger partial charge in [0.15, 0.2) is 0 Å². The molecule has 0 aliphatic rings. The molecule has 1 rings (SSSR count). The molecule has 0 radical (unpaired) electrons. The lowest BCUT2D eigenvalue weighted by atomic mass is 10.2. The van der Waals surface area contributed by atoms with Crippen molar-refractivity contribution in [3.05, 3.63) is 24.0 Å². The van der Waals surface area contributed by atoms with E-state index >= 15 is 0 Å². The van der Waals surface area contributed by atoms with Crippen LogP contribution in [0.15, 0.2) is 18.3 Å². The van der Waals surface area contributed by atoms with Crippen molar-refractivity contribution in [3.8, 4) is 0 Å². The van der Waals surface area contributed by atoms with E-state index in [1.807, 2.05) is 0 Å². The van der Waals surface area contributed by atoms with Gasteiger partial charge in [-0.1, -0.05) is 0 Å². The van der Waals surface area contributed by atoms with Crippen molar-refractivity contribution < 1.29 is 19.8 Å². The van der Waals surface area contributed by atoms with E-state index in [0.717, 1.165) is 0 Å². The Balaban J connectivity index is 2.39. The number of aliphatic carboxylic acids is 1. The van der Waals surface area contributed by atoms with Gasteiger partial charge in [-0.15, -0.1) is 0 Å². The van der Waals surface area contributed by atoms with Crippen LogP contribution in [0.5, 0.6) is 0 Å². The predicted octanol–water partition coefficient (Wildman–Crippen LogP) is -0.889. The van der Waals surface area contributed by atoms with Gasteiger partial charge in [0.1, 0.15) is 6.04 Å². The zero-order valence-corrected chi connectivity index (χ0v) is 9.54. The maximum absolute atomic E-state index is 11.4. The Bertz CT molecular complexity index is 398. The molecule has 0 aliphatic heterocycles. The average molecular weight is 254 g/mol. The fourth-order valence-corrected chi connectivity index (χ4v) is 1.19. The zero-order chi connectivity index (χ0) is 13.4. The Morgan fingerprint density at radius 3 is 2.78 bits per heavy atom. The lowest BCUT2D eigenvalue weighted by Gasteiger charge is -2.13. The van der Waals surface area contributed by atoms with Crippen LogP contribution in [0.2, 0.25) is 0 Å². The van der Waals surface area contributed by atoms with Gasteiger partial charge in [-0.05, 0) is 12.1 Å². The van der Waals surface area contributed by atoms with Gasteiger partial charge in [-0.3, -0.25) is 0 Å². The number of hydrogen-bond donors (Lipinski definition) is 4. The fourth-order valence-electron chi connectivity index (χ4n) is 1.19. The third-order valence-electron chi connectivity index (χ3n) is 2.08. The van der Waals surface area contributed by atoms with Crippen molar-refractivity contribution in [2.24, 2.45) is 0 Å². The molecule has 1 aromatic rings. The lowest BCUT2D eigenvalue weighted by Crippen LogP contribution is -2.46. The van der Waals surface area contributed by atoms with Gasteiger partial charge in [-0.2, -0.15) is 10.2 Å². The minimum absolute atomic E-state index is 0.0477. The number of nitrogens with one attached hydrogen (secondary N) is 2. The Kier molecular flexibility index (Phi) is 5.52. The third-order valence-corrected chi connectivity index (χ3v) is 2.08. The number of carbonyl (C=O) groups is 2. The van der Waals surface area contributed by atoms with Crippen LogP contribution in [0.25, 0.3) is 0 Å². The summed E-state index contributed by atoms with van der Waals surface area (Å²) in [6.45, 7) is -0.174. The van der Waals surface area contributed by atoms with Crippen molar-refractivity contribution in [2.45, 2.75) is 19.0 Å². The fraction of sp³-hybridized carbons (Fsp3) is 0.400. The number of carboxylic acids is 1. The molecule has 0 bridgehead atoms. The van der Waals surface area contributed by atoms with E-state index in [2.05, 4.69) is 20.8 Å². The number of urea groups is 1. The van der Waals surface area contributed by atoms with Gasteiger partial charge in [0.05, 0.1) is 12.2 Å². The van der Waals surface area contributed by atoms with Crippen molar-refractivity contribution in [1.29, 1.82) is 0 Å². The Labute approximate surface area is 103 Å². The van der Waals surface area contributed by atoms with Gasteiger partial charge in [-0.25, -0.2) is 9.59 Å². The summed E-state index contributed by atoms with van der Waals surface area (Å²) in [6, 6.07) is 1.60. The summed E-state index contributed by atoms with van der Waals surface area (Å²) in [5.74, 6) is -1.20. The molecule has 0 aliphatic carbocycles. The van der Waals surface area contributed by atoms with Gasteiger partial charge in [0, 0.05) is 19.2 Å². The average Bonchev–Trinajstić information content (AvgIpc) is 2.37. The number of carboxylic acid groups (broad SMARTS) is 1. The van der Waals surface area contributed by atoms with Crippen molar-refractivity contribution in [1.82, 2.24) is 20.8 Å². The molecule has 1 aromatic heterocycles. The van der Waals surface area contributed by atoms with E-state index in [9.17, 15) is 9.59 Å². The molecule has 2 amide bonds. The van der Waals surface area contributed by atoms with Crippen molar-refractivity contribution >= 4 is 12.0 Å². The van der Waals surface area contributed by atoms with Crippen LogP contribution in [-0.2, 0) is 11.3 Å². The second kappa shape index (κ2) is 7.17. The van der Waals surface area contributed by atoms with Crippen LogP contribution in [0.1, 0.15) is 12.1 Å². The first kappa shape index (κ1) is 13.8. The Morgan fingerprint density at radius 1 is 1.44 bits per heavy atom. The monoisotopic (exact) mass is 254 g/mol. The zero-order valence-electron chi connectivity index (χ0n) is 9.54. The van der Waals surface area contributed by atoms with Crippen molar-refractivity contribution in [3.63, 3.8) is 0 Å². The summed E-state index contributed by atoms with van der Waals surface area (Å²) in [7, 11) is 0. The second-order valence-electron chi connectivity index (χ2n) is 3.45. The summed E-state index contributed by atoms with van der Waals surface area (Å²) in [5, 5.41) is 29.5. The topological polar surface area (TPSA) is 124 Å². The number of aliphatic hydroxyl groups is 1. The molecule has 98 valence electrons. The molecule has 1 atom stereocenters. The molecular weight excluding hydrogens is 240 g/mol. The van der Waals surface area contributed by atoms with Crippen LogP contribution >= 0.6 is 0 Å². The highest BCUT2D eigenvalue weighted by atomic mass is 16.4. The van der Waals surface area contributed by atoms with E-state index in [0.29, 0.717) is 5.69 Å². The molecule has 8 nitrogen and oxygen atoms in total. The molecule has 0 unspecified atom stereocenters. The minimum Gasteiger partial charge on any atom is -0.480 e. The van der Waals surface area contributed by atoms with Gasteiger partial charge in [0.2, 0.25) is 0 Å². The highest BCUT2D eigenvalue weighted by molar-refractivity contribution is 5.82. The summed E-state index contributed by atoms with van der Waals surface area (Å²) in [6.07, 6.45) is 1.46. The summed E-state index contributed by atoms with van der Waals surface area (Å²) in [5.41, 5.74) is 0.557. The predicted molar refractivity (Wildman–Crippen MR) is 60.5 cm³/mol. The number of nitrogens with zero attached hydrogens (tertiary/aromatic N) is 2. The highest BCUT2D eigenvalue weighted by Crippen LogP contribution is 1.93. The molecule has 4 N–H and O–H groups in total. The van der Waals surface area contributed by atoms with E-state index in [-0.39, 0.29) is 19.6 Å². The molecule has 0 saturated carbocycles. The lowest BCUT2D eigenvalue weighted by molar-refractivity contribution is -0.139. The summed E-state index contributed by atoms with van der Waals surface area (Å²) < 4.78 is 0. The van der Waals surface area contributed by atoms with Gasteiger partial charge in [0.25, 0.3) is 0 Å². The van der Waals surface area contributed by atoms with Crippen LogP contribution < -0.4 is 10.6 Å². The van der Waals surface area contributed by atoms with Crippen LogP contribution in [0, 0.1) is 0 Å². The Morgan fingerprint density at radius 2 is 2.22 bits per heavy atom. The third kappa shape index (κ3) is 4.74. The normalized spacial score (nSPS) is 11.6. The van der Waals surface area contributed by atoms with E-state index in [1.54, 1.807) is 12.1 Å². The first-order valence-electron chi connectivity index (χ1n) is 5.28. The SMILES string of the molecule is O=C(NCc1cccnn1)N[C@H](CCO)C(=O)O. The first-order chi connectivity index (χ1) is 8.63. The molecule has 18 heavy (non-hydrogen) atoms. The largest absolute Gasteiger partial charge is 0.480 e. The van der Waals surface area contributed by atoms with Gasteiger partial charge < -0.3 is 20.8 Å². The van der Waals surface area contributed by atoms with Crippen LogP contribution in [-0.4, -0.2) is 45.1 Å². The number of carbonyl (C=O) groups excluding carboxylic acids is 1. The number of amides is 2. The number of aromatic nitrogens is 2. The van der Waals surface area contributed by atoms with Crippen molar-refractivity contribution in [2.75, 3.05) is 6.61 Å². The molecular formula is C10H14N4O4.